The largest absolute Gasteiger partial charge is 0.453 e. The third-order valence-electron chi connectivity index (χ3n) is 3.92. The highest BCUT2D eigenvalue weighted by molar-refractivity contribution is 6.31. The Kier molecular flexibility index (Phi) is 5.49. The number of hydrogen-bond acceptors (Lipinski definition) is 4. The lowest BCUT2D eigenvalue weighted by Crippen LogP contribution is -2.22. The molecule has 0 saturated carbocycles. The van der Waals surface area contributed by atoms with Crippen LogP contribution in [0.4, 0.5) is 4.79 Å². The minimum atomic E-state index is -0.504. The molecule has 1 heterocycles. The number of alkyl carbamates (subject to hydrolysis) is 1. The van der Waals surface area contributed by atoms with Crippen LogP contribution < -0.4 is 5.32 Å². The number of hydrogen-bond donors (Lipinski definition) is 1. The van der Waals surface area contributed by atoms with Gasteiger partial charge in [-0.1, -0.05) is 47.5 Å². The molecule has 1 N–H and O–H groups in total. The molecule has 0 saturated heterocycles. The van der Waals surface area contributed by atoms with Crippen molar-refractivity contribution in [3.8, 4) is 22.6 Å². The first-order chi connectivity index (χ1) is 12.6. The number of aromatic nitrogens is 2. The zero-order valence-corrected chi connectivity index (χ0v) is 15.2. The molecular formula is C20H18ClN3O2. The molecule has 3 aromatic rings. The molecule has 0 bridgehead atoms. The summed E-state index contributed by atoms with van der Waals surface area (Å²) in [6.07, 6.45) is 1.23. The number of amides is 1. The Morgan fingerprint density at radius 2 is 1.85 bits per heavy atom. The van der Waals surface area contributed by atoms with E-state index in [2.05, 4.69) is 20.0 Å². The number of methoxy groups -OCH3 is 1. The number of nitrogens with zero attached hydrogens (tertiary/aromatic N) is 2. The van der Waals surface area contributed by atoms with E-state index in [1.165, 1.54) is 12.7 Å². The van der Waals surface area contributed by atoms with Crippen LogP contribution in [0.3, 0.4) is 0 Å². The van der Waals surface area contributed by atoms with Crippen molar-refractivity contribution in [3.05, 3.63) is 70.9 Å². The Morgan fingerprint density at radius 3 is 2.58 bits per heavy atom. The molecule has 1 amide bonds. The van der Waals surface area contributed by atoms with Gasteiger partial charge >= 0.3 is 6.09 Å². The van der Waals surface area contributed by atoms with Crippen LogP contribution in [0.1, 0.15) is 11.1 Å². The van der Waals surface area contributed by atoms with E-state index in [1.54, 1.807) is 12.3 Å². The molecular weight excluding hydrogens is 350 g/mol. The maximum Gasteiger partial charge on any atom is 0.407 e. The molecule has 5 nitrogen and oxygen atoms in total. The fourth-order valence-electron chi connectivity index (χ4n) is 2.47. The quantitative estimate of drug-likeness (QED) is 0.730. The topological polar surface area (TPSA) is 64.1 Å². The normalized spacial score (nSPS) is 10.4. The van der Waals surface area contributed by atoms with Gasteiger partial charge in [0.15, 0.2) is 5.82 Å². The lowest BCUT2D eigenvalue weighted by atomic mass is 10.1. The summed E-state index contributed by atoms with van der Waals surface area (Å²) in [6, 6.07) is 15.5. The molecule has 0 radical (unpaired) electrons. The van der Waals surface area contributed by atoms with E-state index in [1.807, 2.05) is 49.4 Å². The van der Waals surface area contributed by atoms with Crippen LogP contribution >= 0.6 is 11.6 Å². The zero-order valence-electron chi connectivity index (χ0n) is 14.5. The van der Waals surface area contributed by atoms with Crippen LogP contribution in [0, 0.1) is 6.92 Å². The number of benzene rings is 2. The van der Waals surface area contributed by atoms with Crippen LogP contribution in [0.25, 0.3) is 22.6 Å². The highest BCUT2D eigenvalue weighted by Gasteiger charge is 2.09. The second kappa shape index (κ2) is 7.97. The fraction of sp³-hybridized carbons (Fsp3) is 0.150. The van der Waals surface area contributed by atoms with Crippen molar-refractivity contribution >= 4 is 17.7 Å². The van der Waals surface area contributed by atoms with Crippen molar-refractivity contribution in [2.45, 2.75) is 13.5 Å². The van der Waals surface area contributed by atoms with Gasteiger partial charge in [-0.05, 0) is 30.7 Å². The van der Waals surface area contributed by atoms with E-state index in [0.29, 0.717) is 10.8 Å². The van der Waals surface area contributed by atoms with Crippen LogP contribution in [-0.4, -0.2) is 23.2 Å². The highest BCUT2D eigenvalue weighted by Crippen LogP contribution is 2.25. The van der Waals surface area contributed by atoms with Gasteiger partial charge in [-0.15, -0.1) is 0 Å². The van der Waals surface area contributed by atoms with Gasteiger partial charge in [-0.2, -0.15) is 0 Å². The van der Waals surface area contributed by atoms with Crippen molar-refractivity contribution in [1.82, 2.24) is 15.3 Å². The first-order valence-corrected chi connectivity index (χ1v) is 8.45. The van der Waals surface area contributed by atoms with Gasteiger partial charge < -0.3 is 10.1 Å². The first-order valence-electron chi connectivity index (χ1n) is 8.07. The summed E-state index contributed by atoms with van der Waals surface area (Å²) in [5.41, 5.74) is 4.60. The van der Waals surface area contributed by atoms with E-state index >= 15 is 0 Å². The fourth-order valence-corrected chi connectivity index (χ4v) is 2.65. The molecule has 0 fully saturated rings. The molecule has 6 heteroatoms. The van der Waals surface area contributed by atoms with Gasteiger partial charge in [0.25, 0.3) is 0 Å². The molecule has 1 aromatic heterocycles. The average molecular weight is 368 g/mol. The number of rotatable bonds is 4. The van der Waals surface area contributed by atoms with Gasteiger partial charge in [-0.3, -0.25) is 0 Å². The van der Waals surface area contributed by atoms with E-state index in [-0.39, 0.29) is 6.54 Å². The maximum absolute atomic E-state index is 11.3. The predicted octanol–water partition coefficient (Wildman–Crippen LogP) is 4.63. The van der Waals surface area contributed by atoms with Crippen molar-refractivity contribution in [2.24, 2.45) is 0 Å². The number of carbonyl (C=O) groups is 1. The molecule has 0 atom stereocenters. The second-order valence-electron chi connectivity index (χ2n) is 5.78. The number of nitrogens with one attached hydrogen (secondary N) is 1. The predicted molar refractivity (Wildman–Crippen MR) is 102 cm³/mol. The van der Waals surface area contributed by atoms with Gasteiger partial charge in [0.2, 0.25) is 0 Å². The lowest BCUT2D eigenvalue weighted by molar-refractivity contribution is 0.170. The molecule has 0 unspecified atom stereocenters. The third-order valence-corrected chi connectivity index (χ3v) is 4.28. The maximum atomic E-state index is 11.3. The minimum absolute atomic E-state index is 0.273. The van der Waals surface area contributed by atoms with Gasteiger partial charge in [-0.25, -0.2) is 14.8 Å². The SMILES string of the molecule is COC(=O)NCc1cc(-c2ccnc(-c3ccc(C)cc3)n2)ccc1Cl. The van der Waals surface area contributed by atoms with Crippen molar-refractivity contribution in [1.29, 1.82) is 0 Å². The summed E-state index contributed by atoms with van der Waals surface area (Å²) >= 11 is 6.23. The molecule has 132 valence electrons. The van der Waals surface area contributed by atoms with Gasteiger partial charge in [0, 0.05) is 28.9 Å². The molecule has 0 aliphatic rings. The first kappa shape index (κ1) is 17.9. The molecule has 0 aliphatic carbocycles. The summed E-state index contributed by atoms with van der Waals surface area (Å²) in [6.45, 7) is 2.31. The summed E-state index contributed by atoms with van der Waals surface area (Å²) in [7, 11) is 1.32. The molecule has 0 spiro atoms. The van der Waals surface area contributed by atoms with Crippen molar-refractivity contribution < 1.29 is 9.53 Å². The Hall–Kier alpha value is -2.92. The van der Waals surface area contributed by atoms with Crippen LogP contribution in [0.5, 0.6) is 0 Å². The molecule has 3 rings (SSSR count). The Labute approximate surface area is 157 Å². The minimum Gasteiger partial charge on any atom is -0.453 e. The van der Waals surface area contributed by atoms with E-state index in [9.17, 15) is 4.79 Å². The summed E-state index contributed by atoms with van der Waals surface area (Å²) in [5.74, 6) is 0.659. The third kappa shape index (κ3) is 4.18. The van der Waals surface area contributed by atoms with E-state index in [0.717, 1.165) is 22.4 Å². The number of halogens is 1. The summed E-state index contributed by atoms with van der Waals surface area (Å²) < 4.78 is 4.59. The summed E-state index contributed by atoms with van der Waals surface area (Å²) in [4.78, 5) is 20.3. The zero-order chi connectivity index (χ0) is 18.5. The molecule has 2 aromatic carbocycles. The highest BCUT2D eigenvalue weighted by atomic mass is 35.5. The monoisotopic (exact) mass is 367 g/mol. The second-order valence-corrected chi connectivity index (χ2v) is 6.19. The van der Waals surface area contributed by atoms with E-state index < -0.39 is 6.09 Å². The Balaban J connectivity index is 1.90. The Bertz CT molecular complexity index is 927. The smallest absolute Gasteiger partial charge is 0.407 e. The summed E-state index contributed by atoms with van der Waals surface area (Å²) in [5, 5.41) is 3.20. The lowest BCUT2D eigenvalue weighted by Gasteiger charge is -2.09. The standard InChI is InChI=1S/C20H18ClN3O2/c1-13-3-5-14(6-4-13)19-22-10-9-18(24-19)15-7-8-17(21)16(11-15)12-23-20(25)26-2/h3-11H,12H2,1-2H3,(H,23,25). The number of carbonyl (C=O) groups excluding carboxylic acids is 1. The van der Waals surface area contributed by atoms with Crippen LogP contribution in [-0.2, 0) is 11.3 Å². The van der Waals surface area contributed by atoms with Gasteiger partial charge in [0.05, 0.1) is 12.8 Å². The van der Waals surface area contributed by atoms with Crippen molar-refractivity contribution in [3.63, 3.8) is 0 Å². The number of ether oxygens (including phenoxy) is 1. The number of aryl methyl sites for hydroxylation is 1. The Morgan fingerprint density at radius 1 is 1.12 bits per heavy atom. The van der Waals surface area contributed by atoms with Crippen LogP contribution in [0.15, 0.2) is 54.7 Å². The van der Waals surface area contributed by atoms with Gasteiger partial charge in [0.1, 0.15) is 0 Å². The average Bonchev–Trinajstić information content (AvgIpc) is 2.67. The molecule has 0 aliphatic heterocycles. The van der Waals surface area contributed by atoms with E-state index in [4.69, 9.17) is 11.6 Å². The van der Waals surface area contributed by atoms with Crippen molar-refractivity contribution in [2.75, 3.05) is 7.11 Å². The van der Waals surface area contributed by atoms with Crippen LogP contribution in [0.2, 0.25) is 5.02 Å². The molecule has 26 heavy (non-hydrogen) atoms.